The second-order valence-electron chi connectivity index (χ2n) is 7.60. The maximum Gasteiger partial charge on any atom is 0.241 e. The number of nitrogens with zero attached hydrogens (tertiary/aromatic N) is 2. The zero-order valence-corrected chi connectivity index (χ0v) is 16.9. The number of piperazine rings is 1. The quantitative estimate of drug-likeness (QED) is 0.782. The van der Waals surface area contributed by atoms with Crippen molar-refractivity contribution in [2.75, 3.05) is 31.5 Å². The van der Waals surface area contributed by atoms with E-state index in [1.807, 2.05) is 13.0 Å². The summed E-state index contributed by atoms with van der Waals surface area (Å²) in [5.41, 5.74) is 3.90. The molecule has 0 radical (unpaired) electrons. The number of hydrogen-bond donors (Lipinski definition) is 1. The van der Waals surface area contributed by atoms with Crippen molar-refractivity contribution in [1.82, 2.24) is 9.80 Å². The molecule has 1 atom stereocenters. The normalized spacial score (nSPS) is 16.5. The van der Waals surface area contributed by atoms with E-state index in [0.29, 0.717) is 11.3 Å². The van der Waals surface area contributed by atoms with Gasteiger partial charge >= 0.3 is 0 Å². The Balaban J connectivity index is 1.51. The highest BCUT2D eigenvalue weighted by molar-refractivity contribution is 5.98. The third-order valence-corrected chi connectivity index (χ3v) is 5.36. The van der Waals surface area contributed by atoms with Gasteiger partial charge in [-0.1, -0.05) is 42.0 Å². The van der Waals surface area contributed by atoms with Crippen LogP contribution in [0.1, 0.15) is 35.3 Å². The number of carbonyl (C=O) groups excluding carboxylic acids is 2. The Morgan fingerprint density at radius 1 is 1.04 bits per heavy atom. The number of ketones is 1. The van der Waals surface area contributed by atoms with Crippen LogP contribution in [-0.2, 0) is 11.3 Å². The van der Waals surface area contributed by atoms with Gasteiger partial charge in [-0.05, 0) is 38.5 Å². The highest BCUT2D eigenvalue weighted by atomic mass is 16.2. The molecular formula is C23H29N3O2. The van der Waals surface area contributed by atoms with E-state index in [0.717, 1.165) is 32.7 Å². The molecule has 1 fully saturated rings. The van der Waals surface area contributed by atoms with E-state index in [4.69, 9.17) is 0 Å². The first-order valence-corrected chi connectivity index (χ1v) is 9.86. The largest absolute Gasteiger partial charge is 0.325 e. The van der Waals surface area contributed by atoms with Crippen molar-refractivity contribution >= 4 is 17.4 Å². The summed E-state index contributed by atoms with van der Waals surface area (Å²) in [5.74, 6) is -0.0401. The number of rotatable bonds is 6. The number of benzene rings is 2. The summed E-state index contributed by atoms with van der Waals surface area (Å²) in [5, 5.41) is 2.95. The third-order valence-electron chi connectivity index (χ3n) is 5.36. The molecule has 0 aliphatic carbocycles. The van der Waals surface area contributed by atoms with Crippen LogP contribution in [-0.4, -0.2) is 53.7 Å². The average molecular weight is 380 g/mol. The Bertz CT molecular complexity index is 841. The van der Waals surface area contributed by atoms with Gasteiger partial charge in [0.05, 0.1) is 6.04 Å². The number of hydrogen-bond acceptors (Lipinski definition) is 4. The zero-order chi connectivity index (χ0) is 20.1. The Kier molecular flexibility index (Phi) is 6.60. The fourth-order valence-corrected chi connectivity index (χ4v) is 3.61. The molecule has 0 aromatic heterocycles. The van der Waals surface area contributed by atoms with E-state index in [9.17, 15) is 9.59 Å². The molecule has 0 bridgehead atoms. The highest BCUT2D eigenvalue weighted by Crippen LogP contribution is 2.15. The van der Waals surface area contributed by atoms with Gasteiger partial charge in [0.1, 0.15) is 0 Å². The van der Waals surface area contributed by atoms with Crippen LogP contribution in [0.2, 0.25) is 0 Å². The van der Waals surface area contributed by atoms with E-state index in [-0.39, 0.29) is 17.7 Å². The second-order valence-corrected chi connectivity index (χ2v) is 7.60. The van der Waals surface area contributed by atoms with Crippen LogP contribution in [0.4, 0.5) is 5.69 Å². The van der Waals surface area contributed by atoms with Crippen LogP contribution in [0.15, 0.2) is 48.5 Å². The van der Waals surface area contributed by atoms with Crippen molar-refractivity contribution in [1.29, 1.82) is 0 Å². The fraction of sp³-hybridized carbons (Fsp3) is 0.391. The van der Waals surface area contributed by atoms with Crippen molar-refractivity contribution in [2.24, 2.45) is 0 Å². The van der Waals surface area contributed by atoms with Crippen molar-refractivity contribution in [3.8, 4) is 0 Å². The third kappa shape index (κ3) is 5.27. The van der Waals surface area contributed by atoms with E-state index < -0.39 is 0 Å². The lowest BCUT2D eigenvalue weighted by atomic mass is 10.1. The van der Waals surface area contributed by atoms with Crippen molar-refractivity contribution < 1.29 is 9.59 Å². The first-order chi connectivity index (χ1) is 13.4. The molecule has 0 spiro atoms. The van der Waals surface area contributed by atoms with E-state index in [2.05, 4.69) is 46.3 Å². The lowest BCUT2D eigenvalue weighted by Gasteiger charge is -2.37. The molecule has 1 amide bonds. The monoisotopic (exact) mass is 379 g/mol. The Hall–Kier alpha value is -2.50. The number of Topliss-reactive ketones (excluding diaryl/α,β-unsaturated/α-hetero) is 1. The van der Waals surface area contributed by atoms with E-state index in [1.54, 1.807) is 18.2 Å². The van der Waals surface area contributed by atoms with Gasteiger partial charge in [0.2, 0.25) is 5.91 Å². The van der Waals surface area contributed by atoms with Crippen LogP contribution in [0.25, 0.3) is 0 Å². The van der Waals surface area contributed by atoms with E-state index in [1.165, 1.54) is 18.1 Å². The lowest BCUT2D eigenvalue weighted by molar-refractivity contribution is -0.121. The fourth-order valence-electron chi connectivity index (χ4n) is 3.61. The van der Waals surface area contributed by atoms with Gasteiger partial charge in [-0.3, -0.25) is 19.4 Å². The minimum atomic E-state index is -0.206. The molecule has 5 heteroatoms. The maximum absolute atomic E-state index is 12.7. The minimum absolute atomic E-state index is 0.00567. The minimum Gasteiger partial charge on any atom is -0.325 e. The molecule has 1 aliphatic rings. The predicted molar refractivity (Wildman–Crippen MR) is 113 cm³/mol. The SMILES string of the molecule is CC(=O)c1cccc(NC(=O)[C@@H](C)N2CCN(Cc3cccc(C)c3)CC2)c1. The average Bonchev–Trinajstić information content (AvgIpc) is 2.68. The zero-order valence-electron chi connectivity index (χ0n) is 16.9. The van der Waals surface area contributed by atoms with Crippen LogP contribution in [0.3, 0.4) is 0 Å². The lowest BCUT2D eigenvalue weighted by Crippen LogP contribution is -2.52. The summed E-state index contributed by atoms with van der Waals surface area (Å²) in [6, 6.07) is 15.5. The number of carbonyl (C=O) groups is 2. The summed E-state index contributed by atoms with van der Waals surface area (Å²) in [4.78, 5) is 28.8. The second kappa shape index (κ2) is 9.13. The molecule has 1 heterocycles. The molecule has 28 heavy (non-hydrogen) atoms. The summed E-state index contributed by atoms with van der Waals surface area (Å²) in [6.45, 7) is 10.2. The van der Waals surface area contributed by atoms with Crippen LogP contribution in [0.5, 0.6) is 0 Å². The molecule has 5 nitrogen and oxygen atoms in total. The predicted octanol–water partition coefficient (Wildman–Crippen LogP) is 3.34. The Labute approximate surface area is 167 Å². The van der Waals surface area contributed by atoms with Gasteiger partial charge in [-0.25, -0.2) is 0 Å². The number of amides is 1. The van der Waals surface area contributed by atoms with Crippen LogP contribution < -0.4 is 5.32 Å². The molecule has 1 N–H and O–H groups in total. The molecular weight excluding hydrogens is 350 g/mol. The Morgan fingerprint density at radius 3 is 2.43 bits per heavy atom. The molecule has 2 aromatic rings. The first kappa shape index (κ1) is 20.2. The van der Waals surface area contributed by atoms with Gasteiger partial charge in [0.25, 0.3) is 0 Å². The van der Waals surface area contributed by atoms with Gasteiger partial charge in [0.15, 0.2) is 5.78 Å². The first-order valence-electron chi connectivity index (χ1n) is 9.86. The molecule has 1 saturated heterocycles. The van der Waals surface area contributed by atoms with Crippen LogP contribution >= 0.6 is 0 Å². The number of aryl methyl sites for hydroxylation is 1. The standard InChI is InChI=1S/C23H29N3O2/c1-17-6-4-7-20(14-17)16-25-10-12-26(13-11-25)18(2)23(28)24-22-9-5-8-21(15-22)19(3)27/h4-9,14-15,18H,10-13,16H2,1-3H3,(H,24,28)/t18-/m1/s1. The highest BCUT2D eigenvalue weighted by Gasteiger charge is 2.25. The topological polar surface area (TPSA) is 52.7 Å². The van der Waals surface area contributed by atoms with Crippen molar-refractivity contribution in [2.45, 2.75) is 33.4 Å². The summed E-state index contributed by atoms with van der Waals surface area (Å²) >= 11 is 0. The van der Waals surface area contributed by atoms with Gasteiger partial charge in [-0.2, -0.15) is 0 Å². The summed E-state index contributed by atoms with van der Waals surface area (Å²) in [6.07, 6.45) is 0. The van der Waals surface area contributed by atoms with Crippen molar-refractivity contribution in [3.05, 3.63) is 65.2 Å². The maximum atomic E-state index is 12.7. The molecule has 1 aliphatic heterocycles. The smallest absolute Gasteiger partial charge is 0.241 e. The summed E-state index contributed by atoms with van der Waals surface area (Å²) in [7, 11) is 0. The molecule has 2 aromatic carbocycles. The van der Waals surface area contributed by atoms with Crippen LogP contribution in [0, 0.1) is 6.92 Å². The van der Waals surface area contributed by atoms with Gasteiger partial charge < -0.3 is 5.32 Å². The molecule has 0 saturated carbocycles. The Morgan fingerprint density at radius 2 is 1.75 bits per heavy atom. The molecule has 0 unspecified atom stereocenters. The van der Waals surface area contributed by atoms with Crippen molar-refractivity contribution in [3.63, 3.8) is 0 Å². The van der Waals surface area contributed by atoms with Gasteiger partial charge in [-0.15, -0.1) is 0 Å². The molecule has 3 rings (SSSR count). The molecule has 148 valence electrons. The van der Waals surface area contributed by atoms with Gasteiger partial charge in [0, 0.05) is 44.0 Å². The number of anilines is 1. The number of nitrogens with one attached hydrogen (secondary N) is 1. The van der Waals surface area contributed by atoms with E-state index >= 15 is 0 Å². The summed E-state index contributed by atoms with van der Waals surface area (Å²) < 4.78 is 0.